The van der Waals surface area contributed by atoms with Crippen molar-refractivity contribution in [1.29, 1.82) is 5.26 Å². The second kappa shape index (κ2) is 12.3. The summed E-state index contributed by atoms with van der Waals surface area (Å²) in [7, 11) is 2.04. The number of pyridine rings is 1. The molecule has 2 saturated heterocycles. The molecule has 2 unspecified atom stereocenters. The van der Waals surface area contributed by atoms with E-state index in [4.69, 9.17) is 21.3 Å². The highest BCUT2D eigenvalue weighted by atomic mass is 35.5. The summed E-state index contributed by atoms with van der Waals surface area (Å²) < 4.78 is 36.6. The zero-order valence-corrected chi connectivity index (χ0v) is 24.9. The number of nitriles is 1. The van der Waals surface area contributed by atoms with Gasteiger partial charge in [-0.1, -0.05) is 42.4 Å². The van der Waals surface area contributed by atoms with Crippen molar-refractivity contribution in [2.24, 2.45) is 0 Å². The number of fused-ring (bicyclic) bond motifs is 2. The molecule has 1 amide bonds. The Bertz CT molecular complexity index is 1810. The predicted octanol–water partition coefficient (Wildman–Crippen LogP) is 5.37. The van der Waals surface area contributed by atoms with Crippen LogP contribution in [0.1, 0.15) is 19.3 Å². The Morgan fingerprint density at radius 3 is 2.75 bits per heavy atom. The summed E-state index contributed by atoms with van der Waals surface area (Å²) in [6.45, 7) is 5.90. The van der Waals surface area contributed by atoms with E-state index in [1.807, 2.05) is 11.9 Å². The average Bonchev–Trinajstić information content (AvgIpc) is 3.45. The third kappa shape index (κ3) is 5.51. The molecule has 44 heavy (non-hydrogen) atoms. The van der Waals surface area contributed by atoms with Crippen LogP contribution in [0.5, 0.6) is 6.01 Å². The van der Waals surface area contributed by atoms with Crippen molar-refractivity contribution in [3.8, 4) is 23.3 Å². The molecule has 2 aromatic heterocycles. The number of nitrogens with zero attached hydrogens (tertiary/aromatic N) is 7. The zero-order chi connectivity index (χ0) is 31.0. The predicted molar refractivity (Wildman–Crippen MR) is 164 cm³/mol. The van der Waals surface area contributed by atoms with Crippen molar-refractivity contribution >= 4 is 45.1 Å². The summed E-state index contributed by atoms with van der Waals surface area (Å²) >= 11 is 6.36. The van der Waals surface area contributed by atoms with Gasteiger partial charge in [-0.25, -0.2) is 13.8 Å². The van der Waals surface area contributed by atoms with Crippen molar-refractivity contribution in [3.63, 3.8) is 0 Å². The van der Waals surface area contributed by atoms with Crippen LogP contribution in [0.25, 0.3) is 33.1 Å². The van der Waals surface area contributed by atoms with Crippen LogP contribution in [0.3, 0.4) is 0 Å². The molecule has 2 atom stereocenters. The molecule has 226 valence electrons. The number of amides is 1. The SMILES string of the molecule is C=CC(=O)N1CCN(c2nc(OCC3CCCN3C)nc3nc(-c4cccc5ccc(F)c(Cl)c45)c(F)cc23)CC1CC#N. The van der Waals surface area contributed by atoms with E-state index in [0.717, 1.165) is 19.4 Å². The number of ether oxygens (including phenoxy) is 1. The first-order valence-electron chi connectivity index (χ1n) is 14.4. The van der Waals surface area contributed by atoms with Gasteiger partial charge in [0.25, 0.3) is 0 Å². The molecule has 12 heteroatoms. The number of anilines is 1. The van der Waals surface area contributed by atoms with Crippen molar-refractivity contribution in [2.75, 3.05) is 44.7 Å². The van der Waals surface area contributed by atoms with Gasteiger partial charge >= 0.3 is 6.01 Å². The van der Waals surface area contributed by atoms with Crippen LogP contribution in [0.4, 0.5) is 14.6 Å². The minimum atomic E-state index is -0.662. The molecule has 2 fully saturated rings. The second-order valence-electron chi connectivity index (χ2n) is 11.1. The fourth-order valence-electron chi connectivity index (χ4n) is 6.09. The van der Waals surface area contributed by atoms with E-state index in [-0.39, 0.29) is 47.3 Å². The van der Waals surface area contributed by atoms with E-state index in [2.05, 4.69) is 27.5 Å². The molecule has 0 radical (unpaired) electrons. The summed E-state index contributed by atoms with van der Waals surface area (Å²) in [4.78, 5) is 32.2. The Kier molecular flexibility index (Phi) is 8.29. The number of rotatable bonds is 7. The maximum Gasteiger partial charge on any atom is 0.320 e. The van der Waals surface area contributed by atoms with Gasteiger partial charge in [0.1, 0.15) is 29.8 Å². The van der Waals surface area contributed by atoms with Crippen LogP contribution in [0.15, 0.2) is 49.1 Å². The van der Waals surface area contributed by atoms with Gasteiger partial charge in [-0.3, -0.25) is 4.79 Å². The molecule has 0 bridgehead atoms. The number of halogens is 3. The van der Waals surface area contributed by atoms with Gasteiger partial charge in [0.2, 0.25) is 5.91 Å². The molecule has 0 aliphatic carbocycles. The van der Waals surface area contributed by atoms with Gasteiger partial charge in [-0.15, -0.1) is 0 Å². The highest BCUT2D eigenvalue weighted by molar-refractivity contribution is 6.36. The fraction of sp³-hybridized carbons (Fsp3) is 0.344. The van der Waals surface area contributed by atoms with Gasteiger partial charge in [-0.05, 0) is 50.0 Å². The van der Waals surface area contributed by atoms with E-state index in [1.165, 1.54) is 18.2 Å². The Labute approximate surface area is 258 Å². The third-order valence-corrected chi connectivity index (χ3v) is 8.80. The number of hydrogen-bond donors (Lipinski definition) is 0. The molecule has 2 aromatic carbocycles. The zero-order valence-electron chi connectivity index (χ0n) is 24.1. The molecule has 0 spiro atoms. The summed E-state index contributed by atoms with van der Waals surface area (Å²) in [6.07, 6.45) is 3.39. The van der Waals surface area contributed by atoms with E-state index < -0.39 is 17.7 Å². The van der Waals surface area contributed by atoms with Crippen molar-refractivity contribution in [2.45, 2.75) is 31.3 Å². The first kappa shape index (κ1) is 29.7. The van der Waals surface area contributed by atoms with E-state index in [1.54, 1.807) is 29.2 Å². The highest BCUT2D eigenvalue weighted by Crippen LogP contribution is 2.38. The van der Waals surface area contributed by atoms with Crippen LogP contribution in [0, 0.1) is 23.0 Å². The van der Waals surface area contributed by atoms with Crippen molar-refractivity contribution < 1.29 is 18.3 Å². The van der Waals surface area contributed by atoms with Crippen LogP contribution >= 0.6 is 11.6 Å². The first-order valence-corrected chi connectivity index (χ1v) is 14.8. The molecule has 4 heterocycles. The maximum atomic E-state index is 16.0. The van der Waals surface area contributed by atoms with Gasteiger partial charge in [0, 0.05) is 36.6 Å². The molecule has 4 aromatic rings. The number of carbonyl (C=O) groups is 1. The van der Waals surface area contributed by atoms with Gasteiger partial charge in [-0.2, -0.15) is 15.2 Å². The molecular formula is C32H30ClF2N7O2. The van der Waals surface area contributed by atoms with Gasteiger partial charge in [0.15, 0.2) is 5.65 Å². The number of likely N-dealkylation sites (tertiary alicyclic amines) is 1. The van der Waals surface area contributed by atoms with Gasteiger partial charge in [0.05, 0.1) is 28.9 Å². The third-order valence-electron chi connectivity index (χ3n) is 8.43. The molecule has 0 saturated carbocycles. The lowest BCUT2D eigenvalue weighted by atomic mass is 10.0. The van der Waals surface area contributed by atoms with Crippen LogP contribution < -0.4 is 9.64 Å². The van der Waals surface area contributed by atoms with Crippen molar-refractivity contribution in [1.82, 2.24) is 24.8 Å². The monoisotopic (exact) mass is 617 g/mol. The summed E-state index contributed by atoms with van der Waals surface area (Å²) in [5, 5.41) is 10.7. The number of piperazine rings is 1. The highest BCUT2D eigenvalue weighted by Gasteiger charge is 2.32. The Hall–Kier alpha value is -4.40. The lowest BCUT2D eigenvalue weighted by Gasteiger charge is -2.41. The summed E-state index contributed by atoms with van der Waals surface area (Å²) in [5.74, 6) is -1.15. The molecule has 6 rings (SSSR count). The average molecular weight is 618 g/mol. The molecule has 2 aliphatic heterocycles. The molecule has 0 N–H and O–H groups in total. The molecular weight excluding hydrogens is 588 g/mol. The number of hydrogen-bond acceptors (Lipinski definition) is 8. The van der Waals surface area contributed by atoms with Crippen LogP contribution in [-0.4, -0.2) is 82.6 Å². The number of aromatic nitrogens is 3. The summed E-state index contributed by atoms with van der Waals surface area (Å²) in [6, 6.07) is 11.3. The standard InChI is InChI=1S/C32H30ClF2N7O2/c1-3-26(43)42-15-14-41(17-20(42)11-12-36)31-23-16-25(35)29(22-8-4-6-19-9-10-24(34)28(33)27(19)22)37-30(23)38-32(39-31)44-18-21-7-5-13-40(21)2/h3-4,6,8-10,16,20-21H,1,5,7,11,13-15,17-18H2,2H3. The van der Waals surface area contributed by atoms with E-state index >= 15 is 4.39 Å². The molecule has 9 nitrogen and oxygen atoms in total. The minimum absolute atomic E-state index is 0.0366. The fourth-order valence-corrected chi connectivity index (χ4v) is 6.37. The van der Waals surface area contributed by atoms with Crippen LogP contribution in [0.2, 0.25) is 5.02 Å². The first-order chi connectivity index (χ1) is 21.3. The normalized spacial score (nSPS) is 19.0. The Morgan fingerprint density at radius 1 is 1.16 bits per heavy atom. The number of likely N-dealkylation sites (N-methyl/N-ethyl adjacent to an activating group) is 1. The number of benzene rings is 2. The van der Waals surface area contributed by atoms with Crippen LogP contribution in [-0.2, 0) is 4.79 Å². The summed E-state index contributed by atoms with van der Waals surface area (Å²) in [5.41, 5.74) is 0.477. The second-order valence-corrected chi connectivity index (χ2v) is 11.4. The Balaban J connectivity index is 1.47. The number of carbonyl (C=O) groups excluding carboxylic acids is 1. The smallest absolute Gasteiger partial charge is 0.320 e. The lowest BCUT2D eigenvalue weighted by molar-refractivity contribution is -0.128. The Morgan fingerprint density at radius 2 is 2.00 bits per heavy atom. The van der Waals surface area contributed by atoms with E-state index in [0.29, 0.717) is 47.2 Å². The van der Waals surface area contributed by atoms with Gasteiger partial charge < -0.3 is 19.4 Å². The largest absolute Gasteiger partial charge is 0.462 e. The topological polar surface area (TPSA) is 98.5 Å². The lowest BCUT2D eigenvalue weighted by Crippen LogP contribution is -2.55. The van der Waals surface area contributed by atoms with Crippen molar-refractivity contribution in [3.05, 3.63) is 65.7 Å². The minimum Gasteiger partial charge on any atom is -0.462 e. The maximum absolute atomic E-state index is 16.0. The molecule has 2 aliphatic rings. The quantitative estimate of drug-likeness (QED) is 0.256. The van der Waals surface area contributed by atoms with E-state index in [9.17, 15) is 14.4 Å².